The van der Waals surface area contributed by atoms with Crippen LogP contribution in [0.15, 0.2) is 42.5 Å². The minimum atomic E-state index is -0.550. The first kappa shape index (κ1) is 17.9. The Hall–Kier alpha value is -2.45. The molecule has 0 bridgehead atoms. The minimum absolute atomic E-state index is 0.488. The fourth-order valence-electron chi connectivity index (χ4n) is 2.31. The monoisotopic (exact) mass is 330 g/mol. The summed E-state index contributed by atoms with van der Waals surface area (Å²) in [5.41, 5.74) is 1.70. The van der Waals surface area contributed by atoms with Crippen LogP contribution in [0, 0.1) is 23.0 Å². The molecule has 0 saturated heterocycles. The van der Waals surface area contributed by atoms with Crippen LogP contribution in [0.5, 0.6) is 5.75 Å². The number of hydrogen-bond acceptors (Lipinski definition) is 3. The topological polar surface area (TPSA) is 45.0 Å². The van der Waals surface area contributed by atoms with Crippen molar-refractivity contribution in [3.63, 3.8) is 0 Å². The van der Waals surface area contributed by atoms with Gasteiger partial charge in [-0.1, -0.05) is 12.1 Å². The number of nitrogens with zero attached hydrogens (tertiary/aromatic N) is 1. The first-order valence-corrected chi connectivity index (χ1v) is 7.92. The second-order valence-corrected chi connectivity index (χ2v) is 5.46. The maximum atomic E-state index is 13.1. The van der Waals surface area contributed by atoms with Crippen molar-refractivity contribution >= 4 is 0 Å². The van der Waals surface area contributed by atoms with Crippen molar-refractivity contribution in [1.82, 2.24) is 5.32 Å². The van der Waals surface area contributed by atoms with E-state index in [9.17, 15) is 8.78 Å². The van der Waals surface area contributed by atoms with Gasteiger partial charge in [-0.2, -0.15) is 5.26 Å². The first-order chi connectivity index (χ1) is 11.7. The van der Waals surface area contributed by atoms with Crippen molar-refractivity contribution < 1.29 is 13.5 Å². The molecule has 0 saturated carbocycles. The largest absolute Gasteiger partial charge is 0.494 e. The van der Waals surface area contributed by atoms with Gasteiger partial charge >= 0.3 is 0 Å². The maximum Gasteiger partial charge on any atom is 0.126 e. The van der Waals surface area contributed by atoms with Crippen molar-refractivity contribution in [1.29, 1.82) is 5.26 Å². The van der Waals surface area contributed by atoms with Crippen molar-refractivity contribution in [3.8, 4) is 11.8 Å². The van der Waals surface area contributed by atoms with E-state index in [1.165, 1.54) is 12.1 Å². The lowest BCUT2D eigenvalue weighted by Crippen LogP contribution is -2.16. The van der Waals surface area contributed by atoms with Crippen LogP contribution in [0.1, 0.15) is 24.0 Å². The highest BCUT2D eigenvalue weighted by Crippen LogP contribution is 2.14. The third-order valence-electron chi connectivity index (χ3n) is 3.44. The number of nitriles is 1. The quantitative estimate of drug-likeness (QED) is 0.707. The number of halogens is 2. The number of rotatable bonds is 9. The summed E-state index contributed by atoms with van der Waals surface area (Å²) < 4.78 is 31.8. The molecule has 0 aromatic heterocycles. The Bertz CT molecular complexity index is 678. The molecule has 24 heavy (non-hydrogen) atoms. The molecule has 2 rings (SSSR count). The van der Waals surface area contributed by atoms with E-state index in [2.05, 4.69) is 11.4 Å². The average Bonchev–Trinajstić information content (AvgIpc) is 2.55. The summed E-state index contributed by atoms with van der Waals surface area (Å²) in [6, 6.07) is 13.4. The van der Waals surface area contributed by atoms with E-state index in [0.717, 1.165) is 17.4 Å². The summed E-state index contributed by atoms with van der Waals surface area (Å²) in [4.78, 5) is 0. The second kappa shape index (κ2) is 9.64. The van der Waals surface area contributed by atoms with Gasteiger partial charge in [0, 0.05) is 19.0 Å². The van der Waals surface area contributed by atoms with Gasteiger partial charge in [-0.3, -0.25) is 0 Å². The zero-order chi connectivity index (χ0) is 17.2. The molecule has 0 amide bonds. The number of benzene rings is 2. The first-order valence-electron chi connectivity index (χ1n) is 7.92. The minimum Gasteiger partial charge on any atom is -0.494 e. The highest BCUT2D eigenvalue weighted by Gasteiger charge is 2.01. The normalized spacial score (nSPS) is 10.4. The van der Waals surface area contributed by atoms with Crippen molar-refractivity contribution in [2.45, 2.75) is 25.8 Å². The van der Waals surface area contributed by atoms with Crippen molar-refractivity contribution in [2.24, 2.45) is 0 Å². The van der Waals surface area contributed by atoms with Crippen LogP contribution in [0.4, 0.5) is 8.78 Å². The Morgan fingerprint density at radius 3 is 2.58 bits per heavy atom. The SMILES string of the molecule is N#CCCCOc1cccc(CNCCc2cc(F)cc(F)c2)c1. The summed E-state index contributed by atoms with van der Waals surface area (Å²) in [7, 11) is 0. The van der Waals surface area contributed by atoms with Gasteiger partial charge in [-0.05, 0) is 54.8 Å². The van der Waals surface area contributed by atoms with Crippen LogP contribution in [-0.2, 0) is 13.0 Å². The van der Waals surface area contributed by atoms with Gasteiger partial charge in [0.2, 0.25) is 0 Å². The molecule has 1 N–H and O–H groups in total. The van der Waals surface area contributed by atoms with Crippen LogP contribution in [0.2, 0.25) is 0 Å². The zero-order valence-electron chi connectivity index (χ0n) is 13.4. The molecule has 0 heterocycles. The molecule has 0 aliphatic heterocycles. The lowest BCUT2D eigenvalue weighted by Gasteiger charge is -2.09. The number of nitrogens with one attached hydrogen (secondary N) is 1. The van der Waals surface area contributed by atoms with Crippen LogP contribution in [0.25, 0.3) is 0 Å². The number of unbranched alkanes of at least 4 members (excludes halogenated alkanes) is 1. The van der Waals surface area contributed by atoms with Crippen molar-refractivity contribution in [2.75, 3.05) is 13.2 Å². The molecule has 0 aliphatic rings. The van der Waals surface area contributed by atoms with Gasteiger partial charge in [0.1, 0.15) is 17.4 Å². The molecule has 0 fully saturated rings. The Morgan fingerprint density at radius 1 is 1.04 bits per heavy atom. The Balaban J connectivity index is 1.74. The highest BCUT2D eigenvalue weighted by molar-refractivity contribution is 5.28. The predicted molar refractivity (Wildman–Crippen MR) is 88.6 cm³/mol. The summed E-state index contributed by atoms with van der Waals surface area (Å²) >= 11 is 0. The van der Waals surface area contributed by atoms with Gasteiger partial charge in [0.25, 0.3) is 0 Å². The van der Waals surface area contributed by atoms with Gasteiger partial charge in [-0.15, -0.1) is 0 Å². The van der Waals surface area contributed by atoms with Crippen LogP contribution >= 0.6 is 0 Å². The lowest BCUT2D eigenvalue weighted by molar-refractivity contribution is 0.312. The summed E-state index contributed by atoms with van der Waals surface area (Å²) in [5, 5.41) is 11.7. The molecule has 3 nitrogen and oxygen atoms in total. The number of ether oxygens (including phenoxy) is 1. The third-order valence-corrected chi connectivity index (χ3v) is 3.44. The van der Waals surface area contributed by atoms with Gasteiger partial charge in [-0.25, -0.2) is 8.78 Å². The van der Waals surface area contributed by atoms with E-state index in [1.54, 1.807) is 0 Å². The lowest BCUT2D eigenvalue weighted by atomic mass is 10.1. The van der Waals surface area contributed by atoms with E-state index in [4.69, 9.17) is 10.00 Å². The molecule has 0 atom stereocenters. The molecular weight excluding hydrogens is 310 g/mol. The molecule has 0 spiro atoms. The zero-order valence-corrected chi connectivity index (χ0v) is 13.4. The van der Waals surface area contributed by atoms with E-state index in [-0.39, 0.29) is 0 Å². The van der Waals surface area contributed by atoms with E-state index < -0.39 is 11.6 Å². The molecule has 5 heteroatoms. The van der Waals surface area contributed by atoms with Gasteiger partial charge in [0.05, 0.1) is 12.7 Å². The van der Waals surface area contributed by atoms with Crippen LogP contribution in [0.3, 0.4) is 0 Å². The molecule has 0 radical (unpaired) electrons. The average molecular weight is 330 g/mol. The maximum absolute atomic E-state index is 13.1. The Labute approximate surface area is 140 Å². The van der Waals surface area contributed by atoms with E-state index in [1.807, 2.05) is 24.3 Å². The van der Waals surface area contributed by atoms with Crippen LogP contribution < -0.4 is 10.1 Å². The Kier molecular flexibility index (Phi) is 7.19. The van der Waals surface area contributed by atoms with E-state index in [0.29, 0.717) is 44.5 Å². The standard InChI is InChI=1S/C19H20F2N2O/c20-17-10-15(11-18(21)13-17)6-8-23-14-16-4-3-5-19(12-16)24-9-2-1-7-22/h3-5,10-13,23H,1-2,6,8-9,14H2. The fourth-order valence-corrected chi connectivity index (χ4v) is 2.31. The van der Waals surface area contributed by atoms with E-state index >= 15 is 0 Å². The van der Waals surface area contributed by atoms with Crippen molar-refractivity contribution in [3.05, 3.63) is 65.2 Å². The number of hydrogen-bond donors (Lipinski definition) is 1. The summed E-state index contributed by atoms with van der Waals surface area (Å²) in [6.45, 7) is 1.79. The van der Waals surface area contributed by atoms with Crippen LogP contribution in [-0.4, -0.2) is 13.2 Å². The summed E-state index contributed by atoms with van der Waals surface area (Å²) in [5.74, 6) is -0.322. The highest BCUT2D eigenvalue weighted by atomic mass is 19.1. The molecule has 0 aliphatic carbocycles. The fraction of sp³-hybridized carbons (Fsp3) is 0.316. The molecule has 126 valence electrons. The molecule has 2 aromatic carbocycles. The third kappa shape index (κ3) is 6.35. The van der Waals surface area contributed by atoms with Gasteiger partial charge in [0.15, 0.2) is 0 Å². The molecule has 2 aromatic rings. The Morgan fingerprint density at radius 2 is 1.83 bits per heavy atom. The molecule has 0 unspecified atom stereocenters. The second-order valence-electron chi connectivity index (χ2n) is 5.46. The summed E-state index contributed by atoms with van der Waals surface area (Å²) in [6.07, 6.45) is 1.75. The molecular formula is C19H20F2N2O. The smallest absolute Gasteiger partial charge is 0.126 e. The van der Waals surface area contributed by atoms with Gasteiger partial charge < -0.3 is 10.1 Å². The predicted octanol–water partition coefficient (Wildman–Crippen LogP) is 3.98.